The van der Waals surface area contributed by atoms with E-state index in [0.29, 0.717) is 11.8 Å². The third-order valence-electron chi connectivity index (χ3n) is 5.54. The predicted molar refractivity (Wildman–Crippen MR) is 83.1 cm³/mol. The lowest BCUT2D eigenvalue weighted by Gasteiger charge is -2.37. The standard InChI is InChI=1S/C17H28N2O2/c1-2-9-19-16(20)4-7-17(19)6-3-10-18(11-8-17)13-15-5-12-21-14-15/h2,15H,1,3-14H2. The van der Waals surface area contributed by atoms with Crippen molar-refractivity contribution in [2.75, 3.05) is 39.4 Å². The number of amides is 1. The van der Waals surface area contributed by atoms with Gasteiger partial charge in [-0.15, -0.1) is 6.58 Å². The highest BCUT2D eigenvalue weighted by Crippen LogP contribution is 2.39. The van der Waals surface area contributed by atoms with Gasteiger partial charge in [-0.25, -0.2) is 0 Å². The third kappa shape index (κ3) is 3.16. The van der Waals surface area contributed by atoms with Crippen molar-refractivity contribution in [3.05, 3.63) is 12.7 Å². The van der Waals surface area contributed by atoms with Gasteiger partial charge in [0.2, 0.25) is 5.91 Å². The Morgan fingerprint density at radius 2 is 2.24 bits per heavy atom. The quantitative estimate of drug-likeness (QED) is 0.744. The van der Waals surface area contributed by atoms with Crippen LogP contribution < -0.4 is 0 Å². The molecule has 118 valence electrons. The maximum Gasteiger partial charge on any atom is 0.223 e. The van der Waals surface area contributed by atoms with E-state index in [-0.39, 0.29) is 5.54 Å². The summed E-state index contributed by atoms with van der Waals surface area (Å²) in [6, 6.07) is 0. The summed E-state index contributed by atoms with van der Waals surface area (Å²) in [6.45, 7) is 9.88. The summed E-state index contributed by atoms with van der Waals surface area (Å²) in [4.78, 5) is 16.9. The fourth-order valence-electron chi connectivity index (χ4n) is 4.33. The van der Waals surface area contributed by atoms with E-state index in [0.717, 1.165) is 52.0 Å². The Balaban J connectivity index is 1.61. The zero-order valence-electron chi connectivity index (χ0n) is 13.1. The summed E-state index contributed by atoms with van der Waals surface area (Å²) in [5, 5.41) is 0. The molecule has 0 saturated carbocycles. The molecule has 0 aromatic carbocycles. The first-order chi connectivity index (χ1) is 10.2. The molecule has 2 unspecified atom stereocenters. The fourth-order valence-corrected chi connectivity index (χ4v) is 4.33. The van der Waals surface area contributed by atoms with Gasteiger partial charge in [0, 0.05) is 38.2 Å². The summed E-state index contributed by atoms with van der Waals surface area (Å²) < 4.78 is 5.50. The van der Waals surface area contributed by atoms with Crippen LogP contribution in [0.4, 0.5) is 0 Å². The largest absolute Gasteiger partial charge is 0.381 e. The van der Waals surface area contributed by atoms with Gasteiger partial charge >= 0.3 is 0 Å². The number of hydrogen-bond donors (Lipinski definition) is 0. The number of hydrogen-bond acceptors (Lipinski definition) is 3. The molecular weight excluding hydrogens is 264 g/mol. The lowest BCUT2D eigenvalue weighted by molar-refractivity contribution is -0.130. The molecule has 2 atom stereocenters. The van der Waals surface area contributed by atoms with Crippen molar-refractivity contribution in [2.45, 2.75) is 44.1 Å². The van der Waals surface area contributed by atoms with Crippen LogP contribution >= 0.6 is 0 Å². The van der Waals surface area contributed by atoms with Gasteiger partial charge in [0.25, 0.3) is 0 Å². The zero-order chi connectivity index (χ0) is 14.7. The molecule has 21 heavy (non-hydrogen) atoms. The van der Waals surface area contributed by atoms with Gasteiger partial charge in [-0.2, -0.15) is 0 Å². The maximum atomic E-state index is 12.2. The summed E-state index contributed by atoms with van der Waals surface area (Å²) in [5.74, 6) is 1.04. The van der Waals surface area contributed by atoms with E-state index in [2.05, 4.69) is 16.4 Å². The second-order valence-corrected chi connectivity index (χ2v) is 6.90. The van der Waals surface area contributed by atoms with Crippen molar-refractivity contribution < 1.29 is 9.53 Å². The van der Waals surface area contributed by atoms with Gasteiger partial charge in [0.05, 0.1) is 6.61 Å². The third-order valence-corrected chi connectivity index (χ3v) is 5.54. The Morgan fingerprint density at radius 1 is 1.33 bits per heavy atom. The summed E-state index contributed by atoms with van der Waals surface area (Å²) in [5.41, 5.74) is 0.117. The normalized spacial score (nSPS) is 34.6. The van der Waals surface area contributed by atoms with Gasteiger partial charge < -0.3 is 14.5 Å². The van der Waals surface area contributed by atoms with Gasteiger partial charge in [-0.3, -0.25) is 4.79 Å². The highest BCUT2D eigenvalue weighted by molar-refractivity contribution is 5.79. The SMILES string of the molecule is C=CCN1C(=O)CCC12CCCN(CC1CCOC1)CC2. The van der Waals surface area contributed by atoms with Crippen molar-refractivity contribution in [3.8, 4) is 0 Å². The average Bonchev–Trinajstić information content (AvgIpc) is 3.02. The first-order valence-corrected chi connectivity index (χ1v) is 8.45. The summed E-state index contributed by atoms with van der Waals surface area (Å²) in [6.07, 6.45) is 8.34. The van der Waals surface area contributed by atoms with Gasteiger partial charge in [0.1, 0.15) is 0 Å². The molecule has 3 heterocycles. The summed E-state index contributed by atoms with van der Waals surface area (Å²) in [7, 11) is 0. The molecule has 1 amide bonds. The molecule has 4 nitrogen and oxygen atoms in total. The number of rotatable bonds is 4. The molecule has 3 aliphatic heterocycles. The van der Waals surface area contributed by atoms with Crippen LogP contribution in [0.15, 0.2) is 12.7 Å². The number of carbonyl (C=O) groups is 1. The Hall–Kier alpha value is -0.870. The molecule has 3 rings (SSSR count). The van der Waals surface area contributed by atoms with E-state index in [1.165, 1.54) is 25.9 Å². The molecule has 3 fully saturated rings. The Morgan fingerprint density at radius 3 is 3.00 bits per heavy atom. The first kappa shape index (κ1) is 15.0. The minimum Gasteiger partial charge on any atom is -0.381 e. The number of ether oxygens (including phenoxy) is 1. The molecule has 3 aliphatic rings. The molecule has 0 aromatic rings. The number of carbonyl (C=O) groups excluding carboxylic acids is 1. The van der Waals surface area contributed by atoms with Crippen LogP contribution in [-0.4, -0.2) is 60.6 Å². The average molecular weight is 292 g/mol. The molecule has 0 N–H and O–H groups in total. The molecule has 3 saturated heterocycles. The van der Waals surface area contributed by atoms with Crippen LogP contribution in [0.5, 0.6) is 0 Å². The van der Waals surface area contributed by atoms with Gasteiger partial charge in [0.15, 0.2) is 0 Å². The number of nitrogens with zero attached hydrogens (tertiary/aromatic N) is 2. The van der Waals surface area contributed by atoms with E-state index in [4.69, 9.17) is 4.74 Å². The van der Waals surface area contributed by atoms with Crippen molar-refractivity contribution >= 4 is 5.91 Å². The van der Waals surface area contributed by atoms with Crippen LogP contribution in [0.3, 0.4) is 0 Å². The zero-order valence-corrected chi connectivity index (χ0v) is 13.1. The second kappa shape index (κ2) is 6.49. The Kier molecular flexibility index (Phi) is 4.65. The van der Waals surface area contributed by atoms with Gasteiger partial charge in [-0.1, -0.05) is 6.08 Å². The van der Waals surface area contributed by atoms with Crippen molar-refractivity contribution in [3.63, 3.8) is 0 Å². The first-order valence-electron chi connectivity index (χ1n) is 8.45. The van der Waals surface area contributed by atoms with Crippen LogP contribution in [-0.2, 0) is 9.53 Å². The fraction of sp³-hybridized carbons (Fsp3) is 0.824. The molecule has 0 bridgehead atoms. The minimum atomic E-state index is 0.117. The van der Waals surface area contributed by atoms with Crippen molar-refractivity contribution in [2.24, 2.45) is 5.92 Å². The lowest BCUT2D eigenvalue weighted by Crippen LogP contribution is -2.46. The van der Waals surface area contributed by atoms with E-state index >= 15 is 0 Å². The molecular formula is C17H28N2O2. The monoisotopic (exact) mass is 292 g/mol. The maximum absolute atomic E-state index is 12.2. The Bertz CT molecular complexity index is 392. The van der Waals surface area contributed by atoms with Crippen LogP contribution in [0.2, 0.25) is 0 Å². The van der Waals surface area contributed by atoms with Crippen LogP contribution in [0.1, 0.15) is 38.5 Å². The Labute approximate surface area is 128 Å². The molecule has 0 aliphatic carbocycles. The smallest absolute Gasteiger partial charge is 0.223 e. The van der Waals surface area contributed by atoms with E-state index < -0.39 is 0 Å². The molecule has 0 aromatic heterocycles. The van der Waals surface area contributed by atoms with Gasteiger partial charge in [-0.05, 0) is 44.6 Å². The topological polar surface area (TPSA) is 32.8 Å². The van der Waals surface area contributed by atoms with E-state index in [1.54, 1.807) is 0 Å². The molecule has 4 heteroatoms. The second-order valence-electron chi connectivity index (χ2n) is 6.90. The number of likely N-dealkylation sites (tertiary alicyclic amines) is 2. The highest BCUT2D eigenvalue weighted by atomic mass is 16.5. The van der Waals surface area contributed by atoms with Crippen LogP contribution in [0.25, 0.3) is 0 Å². The van der Waals surface area contributed by atoms with Crippen LogP contribution in [0, 0.1) is 5.92 Å². The molecule has 1 spiro atoms. The predicted octanol–water partition coefficient (Wildman–Crippen LogP) is 2.06. The molecule has 0 radical (unpaired) electrons. The van der Waals surface area contributed by atoms with E-state index in [9.17, 15) is 4.79 Å². The summed E-state index contributed by atoms with van der Waals surface area (Å²) >= 11 is 0. The van der Waals surface area contributed by atoms with E-state index in [1.807, 2.05) is 6.08 Å². The lowest BCUT2D eigenvalue weighted by atomic mass is 9.87. The highest BCUT2D eigenvalue weighted by Gasteiger charge is 2.45. The van der Waals surface area contributed by atoms with Crippen molar-refractivity contribution in [1.29, 1.82) is 0 Å². The minimum absolute atomic E-state index is 0.117. The van der Waals surface area contributed by atoms with Crippen molar-refractivity contribution in [1.82, 2.24) is 9.80 Å².